The standard InChI is InChI=1S/C19H31O6P/c1-5-9-10-11-12-15-13-14-16(26(22,24-7-3)25-8-4)18(20)17(15)19(21)23-6-2/h9-10,14-15,17H,5-8,11-13H2,1-4H3/b10-9-/t15-,17+/m1/s1. The molecule has 0 aromatic rings. The molecule has 0 amide bonds. The smallest absolute Gasteiger partial charge is 0.364 e. The van der Waals surface area contributed by atoms with E-state index in [1.807, 2.05) is 0 Å². The van der Waals surface area contributed by atoms with E-state index < -0.39 is 25.3 Å². The minimum absolute atomic E-state index is 0.0143. The van der Waals surface area contributed by atoms with Gasteiger partial charge in [-0.25, -0.2) is 0 Å². The summed E-state index contributed by atoms with van der Waals surface area (Å²) in [5.74, 6) is -2.20. The minimum atomic E-state index is -3.72. The molecule has 0 unspecified atom stereocenters. The number of carbonyl (C=O) groups excluding carboxylic acids is 2. The first kappa shape index (κ1) is 22.8. The lowest BCUT2D eigenvalue weighted by atomic mass is 9.79. The summed E-state index contributed by atoms with van der Waals surface area (Å²) in [5.41, 5.74) is 0. The third kappa shape index (κ3) is 5.90. The van der Waals surface area contributed by atoms with Crippen LogP contribution in [0.1, 0.15) is 53.4 Å². The minimum Gasteiger partial charge on any atom is -0.465 e. The molecule has 2 atom stereocenters. The van der Waals surface area contributed by atoms with E-state index in [0.29, 0.717) is 12.8 Å². The van der Waals surface area contributed by atoms with Crippen molar-refractivity contribution in [1.29, 1.82) is 0 Å². The monoisotopic (exact) mass is 386 g/mol. The molecule has 1 aliphatic carbocycles. The molecule has 0 N–H and O–H groups in total. The highest BCUT2D eigenvalue weighted by Gasteiger charge is 2.46. The average molecular weight is 386 g/mol. The van der Waals surface area contributed by atoms with Gasteiger partial charge in [0.1, 0.15) is 11.2 Å². The molecule has 0 aromatic heterocycles. The summed E-state index contributed by atoms with van der Waals surface area (Å²) in [7, 11) is -3.72. The second-order valence-electron chi connectivity index (χ2n) is 5.97. The van der Waals surface area contributed by atoms with Gasteiger partial charge in [0.15, 0.2) is 5.78 Å². The maximum absolute atomic E-state index is 13.0. The van der Waals surface area contributed by atoms with Crippen LogP contribution in [0, 0.1) is 11.8 Å². The molecule has 0 spiro atoms. The van der Waals surface area contributed by atoms with E-state index in [2.05, 4.69) is 19.1 Å². The third-order valence-electron chi connectivity index (χ3n) is 4.16. The van der Waals surface area contributed by atoms with E-state index in [0.717, 1.165) is 12.8 Å². The predicted octanol–water partition coefficient (Wildman–Crippen LogP) is 4.65. The lowest BCUT2D eigenvalue weighted by Crippen LogP contribution is -2.36. The van der Waals surface area contributed by atoms with Gasteiger partial charge in [-0.05, 0) is 52.4 Å². The van der Waals surface area contributed by atoms with Crippen LogP contribution < -0.4 is 0 Å². The highest BCUT2D eigenvalue weighted by Crippen LogP contribution is 2.58. The molecule has 0 saturated heterocycles. The quantitative estimate of drug-likeness (QED) is 0.223. The van der Waals surface area contributed by atoms with E-state index >= 15 is 0 Å². The molecule has 26 heavy (non-hydrogen) atoms. The van der Waals surface area contributed by atoms with Crippen LogP contribution in [0.5, 0.6) is 0 Å². The predicted molar refractivity (Wildman–Crippen MR) is 101 cm³/mol. The number of hydrogen-bond donors (Lipinski definition) is 0. The zero-order valence-corrected chi connectivity index (χ0v) is 17.1. The van der Waals surface area contributed by atoms with Gasteiger partial charge >= 0.3 is 13.6 Å². The van der Waals surface area contributed by atoms with Crippen LogP contribution in [-0.4, -0.2) is 31.6 Å². The van der Waals surface area contributed by atoms with Crippen molar-refractivity contribution in [3.63, 3.8) is 0 Å². The summed E-state index contributed by atoms with van der Waals surface area (Å²) in [6.07, 6.45) is 8.61. The van der Waals surface area contributed by atoms with Crippen LogP contribution in [0.2, 0.25) is 0 Å². The van der Waals surface area contributed by atoms with Crippen molar-refractivity contribution >= 4 is 19.3 Å². The Labute approximate surface area is 156 Å². The molecule has 0 heterocycles. The fourth-order valence-electron chi connectivity index (χ4n) is 3.05. The van der Waals surface area contributed by atoms with Gasteiger partial charge in [-0.15, -0.1) is 0 Å². The van der Waals surface area contributed by atoms with Crippen molar-refractivity contribution in [2.45, 2.75) is 53.4 Å². The van der Waals surface area contributed by atoms with Crippen molar-refractivity contribution < 1.29 is 27.9 Å². The van der Waals surface area contributed by atoms with Crippen LogP contribution in [0.4, 0.5) is 0 Å². The van der Waals surface area contributed by atoms with E-state index in [4.69, 9.17) is 13.8 Å². The molecule has 1 aliphatic rings. The van der Waals surface area contributed by atoms with Crippen LogP contribution in [0.3, 0.4) is 0 Å². The Kier molecular flexibility index (Phi) is 10.1. The average Bonchev–Trinajstić information content (AvgIpc) is 2.59. The Bertz CT molecular complexity index is 571. The van der Waals surface area contributed by atoms with Crippen molar-refractivity contribution in [3.05, 3.63) is 23.5 Å². The fraction of sp³-hybridized carbons (Fsp3) is 0.684. The molecule has 0 aromatic carbocycles. The summed E-state index contributed by atoms with van der Waals surface area (Å²) in [5, 5.41) is -0.0143. The van der Waals surface area contributed by atoms with Gasteiger partial charge in [-0.1, -0.05) is 25.2 Å². The van der Waals surface area contributed by atoms with Crippen LogP contribution in [0.25, 0.3) is 0 Å². The molecule has 7 heteroatoms. The largest absolute Gasteiger partial charge is 0.465 e. The van der Waals surface area contributed by atoms with E-state index in [1.54, 1.807) is 26.8 Å². The van der Waals surface area contributed by atoms with Crippen molar-refractivity contribution in [2.24, 2.45) is 11.8 Å². The lowest BCUT2D eigenvalue weighted by molar-refractivity contribution is -0.153. The molecule has 1 rings (SSSR count). The van der Waals surface area contributed by atoms with Crippen molar-refractivity contribution in [3.8, 4) is 0 Å². The number of esters is 1. The van der Waals surface area contributed by atoms with Gasteiger partial charge in [0.05, 0.1) is 19.8 Å². The Balaban J connectivity index is 3.12. The second kappa shape index (κ2) is 11.5. The molecule has 0 radical (unpaired) electrons. The highest BCUT2D eigenvalue weighted by molar-refractivity contribution is 7.60. The molecule has 0 fully saturated rings. The van der Waals surface area contributed by atoms with Crippen molar-refractivity contribution in [2.75, 3.05) is 19.8 Å². The number of hydrogen-bond acceptors (Lipinski definition) is 6. The van der Waals surface area contributed by atoms with E-state index in [-0.39, 0.29) is 31.1 Å². The number of ketones is 1. The maximum atomic E-state index is 13.0. The SMILES string of the molecule is CC/C=C\CC[C@@H]1CC=C(P(=O)(OCC)OCC)C(=O)[C@H]1C(=O)OCC. The first-order valence-corrected chi connectivity index (χ1v) is 10.9. The normalized spacial score (nSPS) is 21.1. The molecule has 0 bridgehead atoms. The lowest BCUT2D eigenvalue weighted by Gasteiger charge is -2.30. The molecular weight excluding hydrogens is 355 g/mol. The Hall–Kier alpha value is -1.23. The fourth-order valence-corrected chi connectivity index (χ4v) is 4.82. The van der Waals surface area contributed by atoms with Gasteiger partial charge in [-0.2, -0.15) is 0 Å². The number of carbonyl (C=O) groups is 2. The molecule has 0 aliphatic heterocycles. The summed E-state index contributed by atoms with van der Waals surface area (Å²) in [6, 6.07) is 0. The first-order valence-electron chi connectivity index (χ1n) is 9.40. The topological polar surface area (TPSA) is 78.9 Å². The molecule has 148 valence electrons. The molecule has 0 saturated carbocycles. The maximum Gasteiger partial charge on any atom is 0.364 e. The van der Waals surface area contributed by atoms with Crippen LogP contribution >= 0.6 is 7.60 Å². The zero-order valence-electron chi connectivity index (χ0n) is 16.2. The van der Waals surface area contributed by atoms with Crippen LogP contribution in [0.15, 0.2) is 23.5 Å². The summed E-state index contributed by atoms with van der Waals surface area (Å²) in [6.45, 7) is 7.62. The van der Waals surface area contributed by atoms with E-state index in [1.165, 1.54) is 0 Å². The van der Waals surface area contributed by atoms with E-state index in [9.17, 15) is 14.2 Å². The number of allylic oxidation sites excluding steroid dienone is 4. The van der Waals surface area contributed by atoms with Gasteiger partial charge in [0, 0.05) is 0 Å². The summed E-state index contributed by atoms with van der Waals surface area (Å²) in [4.78, 5) is 25.5. The second-order valence-corrected chi connectivity index (χ2v) is 7.96. The van der Waals surface area contributed by atoms with Gasteiger partial charge < -0.3 is 13.8 Å². The Morgan fingerprint density at radius 2 is 1.81 bits per heavy atom. The highest BCUT2D eigenvalue weighted by atomic mass is 31.2. The third-order valence-corrected chi connectivity index (χ3v) is 6.35. The Morgan fingerprint density at radius 3 is 2.35 bits per heavy atom. The van der Waals surface area contributed by atoms with Gasteiger partial charge in [0.2, 0.25) is 0 Å². The molecular formula is C19H31O6P. The molecule has 6 nitrogen and oxygen atoms in total. The zero-order chi connectivity index (χ0) is 19.6. The summed E-state index contributed by atoms with van der Waals surface area (Å²) >= 11 is 0. The number of Topliss-reactive ketones (excluding diaryl/α,β-unsaturated/α-hetero) is 1. The van der Waals surface area contributed by atoms with Gasteiger partial charge in [0.25, 0.3) is 0 Å². The number of ether oxygens (including phenoxy) is 1. The van der Waals surface area contributed by atoms with Crippen LogP contribution in [-0.2, 0) is 27.9 Å². The first-order chi connectivity index (χ1) is 12.4. The summed E-state index contributed by atoms with van der Waals surface area (Å²) < 4.78 is 28.7. The number of rotatable bonds is 11. The van der Waals surface area contributed by atoms with Crippen molar-refractivity contribution in [1.82, 2.24) is 0 Å². The Morgan fingerprint density at radius 1 is 1.15 bits per heavy atom. The van der Waals surface area contributed by atoms with Gasteiger partial charge in [-0.3, -0.25) is 14.2 Å².